The van der Waals surface area contributed by atoms with Crippen LogP contribution < -0.4 is 5.73 Å². The second kappa shape index (κ2) is 4.55. The number of rotatable bonds is 2. The molecule has 0 aliphatic heterocycles. The molecule has 1 aromatic carbocycles. The van der Waals surface area contributed by atoms with Crippen LogP contribution in [0.4, 0.5) is 13.2 Å². The Labute approximate surface area is 111 Å². The van der Waals surface area contributed by atoms with Crippen LogP contribution in [0.5, 0.6) is 5.75 Å². The lowest BCUT2D eigenvalue weighted by molar-refractivity contribution is -0.141. The molecule has 0 atom stereocenters. The van der Waals surface area contributed by atoms with Gasteiger partial charge in [-0.15, -0.1) is 0 Å². The van der Waals surface area contributed by atoms with Crippen LogP contribution in [0, 0.1) is 0 Å². The van der Waals surface area contributed by atoms with Crippen molar-refractivity contribution >= 4 is 5.91 Å². The summed E-state index contributed by atoms with van der Waals surface area (Å²) in [6.07, 6.45) is -4.55. The second-order valence-corrected chi connectivity index (χ2v) is 4.13. The maximum atomic E-state index is 12.6. The Hall–Kier alpha value is -2.51. The van der Waals surface area contributed by atoms with Gasteiger partial charge >= 0.3 is 6.18 Å². The number of nitrogens with zero attached hydrogens (tertiary/aromatic N) is 2. The van der Waals surface area contributed by atoms with Gasteiger partial charge in [0.1, 0.15) is 5.75 Å². The fraction of sp³-hybridized carbons (Fsp3) is 0.167. The minimum absolute atomic E-state index is 0.105. The second-order valence-electron chi connectivity index (χ2n) is 4.13. The van der Waals surface area contributed by atoms with E-state index in [0.717, 1.165) is 16.8 Å². The number of phenols is 1. The number of carbonyl (C=O) groups is 1. The number of aromatic hydroxyl groups is 1. The largest absolute Gasteiger partial charge is 0.507 e. The van der Waals surface area contributed by atoms with Crippen LogP contribution in [-0.2, 0) is 13.2 Å². The Morgan fingerprint density at radius 3 is 2.45 bits per heavy atom. The number of aromatic nitrogens is 2. The fourth-order valence-electron chi connectivity index (χ4n) is 1.78. The number of halogens is 3. The van der Waals surface area contributed by atoms with Crippen LogP contribution in [0.3, 0.4) is 0 Å². The highest BCUT2D eigenvalue weighted by molar-refractivity contribution is 5.96. The van der Waals surface area contributed by atoms with Crippen molar-refractivity contribution in [3.63, 3.8) is 0 Å². The molecule has 0 fully saturated rings. The Balaban J connectivity index is 2.50. The minimum Gasteiger partial charge on any atom is -0.507 e. The normalized spacial score (nSPS) is 11.6. The number of hydrogen-bond donors (Lipinski definition) is 2. The van der Waals surface area contributed by atoms with Gasteiger partial charge < -0.3 is 10.8 Å². The van der Waals surface area contributed by atoms with Crippen molar-refractivity contribution in [1.29, 1.82) is 0 Å². The lowest BCUT2D eigenvalue weighted by atomic mass is 10.1. The highest BCUT2D eigenvalue weighted by Gasteiger charge is 2.34. The maximum absolute atomic E-state index is 12.6. The van der Waals surface area contributed by atoms with Crippen LogP contribution >= 0.6 is 0 Å². The average molecular weight is 285 g/mol. The van der Waals surface area contributed by atoms with Crippen molar-refractivity contribution in [1.82, 2.24) is 9.78 Å². The van der Waals surface area contributed by atoms with Crippen molar-refractivity contribution in [2.24, 2.45) is 12.8 Å². The van der Waals surface area contributed by atoms with Gasteiger partial charge in [-0.2, -0.15) is 18.3 Å². The van der Waals surface area contributed by atoms with Crippen molar-refractivity contribution in [2.75, 3.05) is 0 Å². The lowest BCUT2D eigenvalue weighted by Crippen LogP contribution is -2.10. The van der Waals surface area contributed by atoms with Crippen LogP contribution in [0.2, 0.25) is 0 Å². The standard InChI is InChI=1S/C12H10F3N3O2/c1-18-8(5-10(17-18)12(13,14)15)6-2-3-7(11(16)20)9(19)4-6/h2-5,19H,1H3,(H2,16,20). The Morgan fingerprint density at radius 1 is 1.35 bits per heavy atom. The summed E-state index contributed by atoms with van der Waals surface area (Å²) in [6, 6.07) is 4.65. The first-order valence-corrected chi connectivity index (χ1v) is 5.44. The minimum atomic E-state index is -4.55. The Morgan fingerprint density at radius 2 is 2.00 bits per heavy atom. The van der Waals surface area contributed by atoms with E-state index in [4.69, 9.17) is 5.73 Å². The highest BCUT2D eigenvalue weighted by Crippen LogP contribution is 2.32. The molecule has 1 amide bonds. The SMILES string of the molecule is Cn1nc(C(F)(F)F)cc1-c1ccc(C(N)=O)c(O)c1. The molecule has 106 valence electrons. The molecule has 1 heterocycles. The highest BCUT2D eigenvalue weighted by atomic mass is 19.4. The summed E-state index contributed by atoms with van der Waals surface area (Å²) in [5, 5.41) is 13.0. The maximum Gasteiger partial charge on any atom is 0.435 e. The van der Waals surface area contributed by atoms with Crippen LogP contribution in [0.25, 0.3) is 11.3 Å². The Bertz CT molecular complexity index is 677. The van der Waals surface area contributed by atoms with E-state index in [1.165, 1.54) is 19.2 Å². The van der Waals surface area contributed by atoms with E-state index in [1.807, 2.05) is 0 Å². The molecule has 0 saturated carbocycles. The molecule has 1 aromatic heterocycles. The van der Waals surface area contributed by atoms with Crippen LogP contribution in [0.1, 0.15) is 16.1 Å². The molecule has 20 heavy (non-hydrogen) atoms. The van der Waals surface area contributed by atoms with E-state index in [0.29, 0.717) is 0 Å². The van der Waals surface area contributed by atoms with E-state index in [2.05, 4.69) is 5.10 Å². The molecule has 0 bridgehead atoms. The van der Waals surface area contributed by atoms with Crippen LogP contribution in [0.15, 0.2) is 24.3 Å². The fourth-order valence-corrected chi connectivity index (χ4v) is 1.78. The third-order valence-electron chi connectivity index (χ3n) is 2.73. The van der Waals surface area contributed by atoms with E-state index >= 15 is 0 Å². The number of carbonyl (C=O) groups excluding carboxylic acids is 1. The van der Waals surface area contributed by atoms with Gasteiger partial charge in [0.05, 0.1) is 11.3 Å². The van der Waals surface area contributed by atoms with Crippen LogP contribution in [-0.4, -0.2) is 20.8 Å². The number of nitrogens with two attached hydrogens (primary N) is 1. The van der Waals surface area contributed by atoms with E-state index in [9.17, 15) is 23.1 Å². The van der Waals surface area contributed by atoms with E-state index in [1.54, 1.807) is 0 Å². The van der Waals surface area contributed by atoms with Gasteiger partial charge in [0.15, 0.2) is 5.69 Å². The van der Waals surface area contributed by atoms with Crippen molar-refractivity contribution in [3.05, 3.63) is 35.5 Å². The molecule has 0 unspecified atom stereocenters. The van der Waals surface area contributed by atoms with Crippen molar-refractivity contribution < 1.29 is 23.1 Å². The van der Waals surface area contributed by atoms with Gasteiger partial charge in [-0.05, 0) is 18.2 Å². The molecule has 3 N–H and O–H groups in total. The summed E-state index contributed by atoms with van der Waals surface area (Å²) in [5.74, 6) is -1.22. The number of benzene rings is 1. The molecule has 0 aliphatic rings. The molecule has 0 radical (unpaired) electrons. The number of aryl methyl sites for hydroxylation is 1. The molecule has 2 aromatic rings. The third kappa shape index (κ3) is 2.44. The molecule has 2 rings (SSSR count). The van der Waals surface area contributed by atoms with E-state index < -0.39 is 23.5 Å². The summed E-state index contributed by atoms with van der Waals surface area (Å²) in [4.78, 5) is 11.0. The quantitative estimate of drug-likeness (QED) is 0.884. The zero-order chi connectivity index (χ0) is 15.1. The number of amides is 1. The monoisotopic (exact) mass is 285 g/mol. The summed E-state index contributed by atoms with van der Waals surface area (Å²) in [5.41, 5.74) is 4.34. The van der Waals surface area contributed by atoms with Crippen molar-refractivity contribution in [2.45, 2.75) is 6.18 Å². The molecular weight excluding hydrogens is 275 g/mol. The van der Waals surface area contributed by atoms with Gasteiger partial charge in [-0.3, -0.25) is 9.48 Å². The predicted molar refractivity (Wildman–Crippen MR) is 63.8 cm³/mol. The third-order valence-corrected chi connectivity index (χ3v) is 2.73. The first kappa shape index (κ1) is 13.9. The lowest BCUT2D eigenvalue weighted by Gasteiger charge is -2.05. The average Bonchev–Trinajstić information content (AvgIpc) is 2.70. The molecular formula is C12H10F3N3O2. The zero-order valence-electron chi connectivity index (χ0n) is 10.3. The number of primary amides is 1. The van der Waals surface area contributed by atoms with Gasteiger partial charge in [0.2, 0.25) is 0 Å². The topological polar surface area (TPSA) is 81.1 Å². The predicted octanol–water partition coefficient (Wildman–Crippen LogP) is 1.91. The van der Waals surface area contributed by atoms with Gasteiger partial charge in [0.25, 0.3) is 5.91 Å². The van der Waals surface area contributed by atoms with Gasteiger partial charge in [0, 0.05) is 12.6 Å². The van der Waals surface area contributed by atoms with Crippen molar-refractivity contribution in [3.8, 4) is 17.0 Å². The zero-order valence-corrected chi connectivity index (χ0v) is 10.3. The molecule has 0 spiro atoms. The summed E-state index contributed by atoms with van der Waals surface area (Å²) >= 11 is 0. The molecule has 5 nitrogen and oxygen atoms in total. The summed E-state index contributed by atoms with van der Waals surface area (Å²) in [7, 11) is 1.35. The smallest absolute Gasteiger partial charge is 0.435 e. The summed E-state index contributed by atoms with van der Waals surface area (Å²) in [6.45, 7) is 0. The first-order valence-electron chi connectivity index (χ1n) is 5.44. The molecule has 0 saturated heterocycles. The molecule has 0 aliphatic carbocycles. The van der Waals surface area contributed by atoms with E-state index in [-0.39, 0.29) is 16.8 Å². The van der Waals surface area contributed by atoms with Gasteiger partial charge in [-0.25, -0.2) is 0 Å². The van der Waals surface area contributed by atoms with Gasteiger partial charge in [-0.1, -0.05) is 6.07 Å². The first-order chi connectivity index (χ1) is 9.20. The number of alkyl halides is 3. The summed E-state index contributed by atoms with van der Waals surface area (Å²) < 4.78 is 38.7. The number of hydrogen-bond acceptors (Lipinski definition) is 3. The Kier molecular flexibility index (Phi) is 3.16. The molecule has 8 heteroatoms.